The lowest BCUT2D eigenvalue weighted by molar-refractivity contribution is 0.0594. The van der Waals surface area contributed by atoms with E-state index in [0.717, 1.165) is 5.69 Å². The van der Waals surface area contributed by atoms with Crippen LogP contribution in [0.4, 0.5) is 5.69 Å². The number of nitrogens with zero attached hydrogens (tertiary/aromatic N) is 2. The third kappa shape index (κ3) is 1.41. The fraction of sp³-hybridized carbons (Fsp3) is 0.200. The Morgan fingerprint density at radius 1 is 1.53 bits per heavy atom. The van der Waals surface area contributed by atoms with E-state index in [1.807, 2.05) is 0 Å². The number of aromatic nitrogens is 2. The molecule has 5 nitrogen and oxygen atoms in total. The summed E-state index contributed by atoms with van der Waals surface area (Å²) in [4.78, 5) is 15.5. The Kier molecular flexibility index (Phi) is 2.07. The molecule has 0 unspecified atom stereocenters. The molecule has 0 bridgehead atoms. The van der Waals surface area contributed by atoms with Gasteiger partial charge in [-0.3, -0.25) is 0 Å². The molecule has 0 saturated heterocycles. The SMILES string of the molecule is COC(=O)c1nc2ccc(N)cn2c1C. The third-order valence-electron chi connectivity index (χ3n) is 2.26. The summed E-state index contributed by atoms with van der Waals surface area (Å²) in [7, 11) is 1.33. The van der Waals surface area contributed by atoms with Gasteiger partial charge in [-0.2, -0.15) is 0 Å². The first-order valence-corrected chi connectivity index (χ1v) is 4.46. The second-order valence-electron chi connectivity index (χ2n) is 3.23. The monoisotopic (exact) mass is 205 g/mol. The molecule has 0 radical (unpaired) electrons. The van der Waals surface area contributed by atoms with Crippen molar-refractivity contribution in [2.75, 3.05) is 12.8 Å². The first-order chi connectivity index (χ1) is 7.13. The van der Waals surface area contributed by atoms with Gasteiger partial charge in [-0.1, -0.05) is 0 Å². The van der Waals surface area contributed by atoms with Gasteiger partial charge >= 0.3 is 5.97 Å². The first-order valence-electron chi connectivity index (χ1n) is 4.46. The molecule has 78 valence electrons. The average molecular weight is 205 g/mol. The maximum Gasteiger partial charge on any atom is 0.358 e. The maximum atomic E-state index is 11.4. The number of nitrogens with two attached hydrogens (primary N) is 1. The molecular formula is C10H11N3O2. The van der Waals surface area contributed by atoms with Gasteiger partial charge in [-0.15, -0.1) is 0 Å². The summed E-state index contributed by atoms with van der Waals surface area (Å²) in [5.74, 6) is -0.435. The lowest BCUT2D eigenvalue weighted by atomic mass is 10.3. The zero-order valence-corrected chi connectivity index (χ0v) is 8.52. The third-order valence-corrected chi connectivity index (χ3v) is 2.26. The zero-order chi connectivity index (χ0) is 11.0. The van der Waals surface area contributed by atoms with E-state index in [0.29, 0.717) is 17.0 Å². The van der Waals surface area contributed by atoms with Crippen LogP contribution < -0.4 is 5.73 Å². The minimum absolute atomic E-state index is 0.322. The Morgan fingerprint density at radius 3 is 2.93 bits per heavy atom. The van der Waals surface area contributed by atoms with Crippen LogP contribution in [0.15, 0.2) is 18.3 Å². The molecule has 2 heterocycles. The van der Waals surface area contributed by atoms with Crippen LogP contribution in [-0.4, -0.2) is 22.5 Å². The Hall–Kier alpha value is -2.04. The van der Waals surface area contributed by atoms with Gasteiger partial charge in [0.25, 0.3) is 0 Å². The van der Waals surface area contributed by atoms with E-state index in [1.165, 1.54) is 7.11 Å². The number of carbonyl (C=O) groups excluding carboxylic acids is 1. The second-order valence-corrected chi connectivity index (χ2v) is 3.23. The van der Waals surface area contributed by atoms with Crippen molar-refractivity contribution in [3.63, 3.8) is 0 Å². The molecule has 0 atom stereocenters. The summed E-state index contributed by atoms with van der Waals surface area (Å²) in [5, 5.41) is 0. The number of hydrogen-bond acceptors (Lipinski definition) is 4. The standard InChI is InChI=1S/C10H11N3O2/c1-6-9(10(14)15-2)12-8-4-3-7(11)5-13(6)8/h3-5H,11H2,1-2H3. The minimum atomic E-state index is -0.435. The number of esters is 1. The molecule has 0 aliphatic carbocycles. The number of anilines is 1. The quantitative estimate of drug-likeness (QED) is 0.705. The highest BCUT2D eigenvalue weighted by Gasteiger charge is 2.15. The molecule has 2 aromatic heterocycles. The number of pyridine rings is 1. The van der Waals surface area contributed by atoms with Crippen LogP contribution in [-0.2, 0) is 4.74 Å². The Labute approximate surface area is 86.5 Å². The van der Waals surface area contributed by atoms with Crippen molar-refractivity contribution in [2.24, 2.45) is 0 Å². The number of hydrogen-bond donors (Lipinski definition) is 1. The predicted molar refractivity (Wildman–Crippen MR) is 55.7 cm³/mol. The highest BCUT2D eigenvalue weighted by atomic mass is 16.5. The summed E-state index contributed by atoms with van der Waals surface area (Å²) < 4.78 is 6.40. The Morgan fingerprint density at radius 2 is 2.27 bits per heavy atom. The summed E-state index contributed by atoms with van der Waals surface area (Å²) in [5.41, 5.74) is 8.00. The van der Waals surface area contributed by atoms with E-state index >= 15 is 0 Å². The van der Waals surface area contributed by atoms with Gasteiger partial charge in [0.05, 0.1) is 12.8 Å². The van der Waals surface area contributed by atoms with Crippen molar-refractivity contribution in [1.29, 1.82) is 0 Å². The summed E-state index contributed by atoms with van der Waals surface area (Å²) in [6.07, 6.45) is 1.73. The molecule has 0 aliphatic rings. The molecular weight excluding hydrogens is 194 g/mol. The second kappa shape index (κ2) is 3.27. The Bertz CT molecular complexity index is 531. The van der Waals surface area contributed by atoms with E-state index in [2.05, 4.69) is 9.72 Å². The first kappa shape index (κ1) is 9.51. The molecule has 0 aromatic carbocycles. The van der Waals surface area contributed by atoms with Gasteiger partial charge in [-0.05, 0) is 19.1 Å². The summed E-state index contributed by atoms with van der Waals surface area (Å²) in [6.45, 7) is 1.80. The fourth-order valence-corrected chi connectivity index (χ4v) is 1.47. The van der Waals surface area contributed by atoms with Crippen LogP contribution in [0, 0.1) is 6.92 Å². The van der Waals surface area contributed by atoms with E-state index in [9.17, 15) is 4.79 Å². The van der Waals surface area contributed by atoms with Crippen molar-refractivity contribution in [1.82, 2.24) is 9.38 Å². The van der Waals surface area contributed by atoms with Gasteiger partial charge in [0.2, 0.25) is 0 Å². The van der Waals surface area contributed by atoms with Crippen LogP contribution in [0.5, 0.6) is 0 Å². The van der Waals surface area contributed by atoms with E-state index in [1.54, 1.807) is 29.7 Å². The van der Waals surface area contributed by atoms with E-state index < -0.39 is 5.97 Å². The summed E-state index contributed by atoms with van der Waals surface area (Å²) >= 11 is 0. The molecule has 5 heteroatoms. The van der Waals surface area contributed by atoms with Crippen molar-refractivity contribution < 1.29 is 9.53 Å². The topological polar surface area (TPSA) is 69.6 Å². The largest absolute Gasteiger partial charge is 0.464 e. The van der Waals surface area contributed by atoms with Crippen molar-refractivity contribution in [3.05, 3.63) is 29.7 Å². The maximum absolute atomic E-state index is 11.4. The van der Waals surface area contributed by atoms with Gasteiger partial charge in [0.1, 0.15) is 5.65 Å². The molecule has 2 N–H and O–H groups in total. The van der Waals surface area contributed by atoms with Gasteiger partial charge in [0.15, 0.2) is 5.69 Å². The molecule has 0 saturated carbocycles. The molecule has 2 aromatic rings. The van der Waals surface area contributed by atoms with Crippen LogP contribution in [0.1, 0.15) is 16.2 Å². The summed E-state index contributed by atoms with van der Waals surface area (Å²) in [6, 6.07) is 3.50. The lowest BCUT2D eigenvalue weighted by Gasteiger charge is -1.98. The molecule has 0 spiro atoms. The number of fused-ring (bicyclic) bond motifs is 1. The average Bonchev–Trinajstić information content (AvgIpc) is 2.55. The lowest BCUT2D eigenvalue weighted by Crippen LogP contribution is -2.03. The number of carbonyl (C=O) groups is 1. The van der Waals surface area contributed by atoms with Gasteiger partial charge in [-0.25, -0.2) is 9.78 Å². The molecule has 0 aliphatic heterocycles. The highest BCUT2D eigenvalue weighted by Crippen LogP contribution is 2.14. The van der Waals surface area contributed by atoms with Crippen molar-refractivity contribution >= 4 is 17.3 Å². The van der Waals surface area contributed by atoms with E-state index in [-0.39, 0.29) is 0 Å². The van der Waals surface area contributed by atoms with E-state index in [4.69, 9.17) is 5.73 Å². The molecule has 0 fully saturated rings. The van der Waals surface area contributed by atoms with Crippen molar-refractivity contribution in [2.45, 2.75) is 6.92 Å². The van der Waals surface area contributed by atoms with Crippen molar-refractivity contribution in [3.8, 4) is 0 Å². The number of methoxy groups -OCH3 is 1. The smallest absolute Gasteiger partial charge is 0.358 e. The van der Waals surface area contributed by atoms with Crippen LogP contribution in [0.25, 0.3) is 5.65 Å². The number of nitrogen functional groups attached to an aromatic ring is 1. The van der Waals surface area contributed by atoms with Gasteiger partial charge in [0, 0.05) is 11.9 Å². The normalized spacial score (nSPS) is 10.5. The number of imidazole rings is 1. The van der Waals surface area contributed by atoms with Crippen LogP contribution in [0.3, 0.4) is 0 Å². The highest BCUT2D eigenvalue weighted by molar-refractivity contribution is 5.89. The molecule has 0 amide bonds. The minimum Gasteiger partial charge on any atom is -0.464 e. The molecule has 15 heavy (non-hydrogen) atoms. The molecule has 2 rings (SSSR count). The van der Waals surface area contributed by atoms with Crippen LogP contribution in [0.2, 0.25) is 0 Å². The zero-order valence-electron chi connectivity index (χ0n) is 8.52. The van der Waals surface area contributed by atoms with Gasteiger partial charge < -0.3 is 14.9 Å². The predicted octanol–water partition coefficient (Wildman–Crippen LogP) is 1.01. The fourth-order valence-electron chi connectivity index (χ4n) is 1.47. The number of ether oxygens (including phenoxy) is 1. The number of rotatable bonds is 1. The number of aryl methyl sites for hydroxylation is 1. The Balaban J connectivity index is 2.69. The van der Waals surface area contributed by atoms with Crippen LogP contribution >= 0.6 is 0 Å².